The normalized spacial score (nSPS) is 0. The maximum Gasteiger partial charge on any atom is 2.00 e. The van der Waals surface area contributed by atoms with Gasteiger partial charge in [0.25, 0.3) is 0 Å². The molecule has 0 amide bonds. The van der Waals surface area contributed by atoms with Crippen LogP contribution < -0.4 is 0 Å². The Labute approximate surface area is 33.9 Å². The molecular formula is H6NiO3+2. The van der Waals surface area contributed by atoms with Crippen molar-refractivity contribution in [2.45, 2.75) is 0 Å². The van der Waals surface area contributed by atoms with Crippen LogP contribution in [0.1, 0.15) is 0 Å². The van der Waals surface area contributed by atoms with Gasteiger partial charge in [0, 0.05) is 0 Å². The van der Waals surface area contributed by atoms with Crippen molar-refractivity contribution in [2.24, 2.45) is 0 Å². The Bertz CT molecular complexity index is 3.25. The molecule has 0 spiro atoms. The summed E-state index contributed by atoms with van der Waals surface area (Å²) in [4.78, 5) is 0. The third kappa shape index (κ3) is 32.1. The van der Waals surface area contributed by atoms with Gasteiger partial charge in [-0.25, -0.2) is 0 Å². The van der Waals surface area contributed by atoms with Crippen LogP contribution >= 0.6 is 0 Å². The van der Waals surface area contributed by atoms with Crippen LogP contribution in [0.25, 0.3) is 0 Å². The van der Waals surface area contributed by atoms with Crippen molar-refractivity contribution in [3.63, 3.8) is 0 Å². The molecule has 0 bridgehead atoms. The van der Waals surface area contributed by atoms with E-state index in [-0.39, 0.29) is 32.9 Å². The molecule has 3 nitrogen and oxygen atoms in total. The minimum atomic E-state index is 0. The Morgan fingerprint density at radius 3 is 0.500 bits per heavy atom. The van der Waals surface area contributed by atoms with Crippen LogP contribution in [0, 0.1) is 0 Å². The van der Waals surface area contributed by atoms with Gasteiger partial charge in [0.05, 0.1) is 0 Å². The summed E-state index contributed by atoms with van der Waals surface area (Å²) in [6.45, 7) is 0. The topological polar surface area (TPSA) is 94.5 Å². The summed E-state index contributed by atoms with van der Waals surface area (Å²) in [5.41, 5.74) is 0. The van der Waals surface area contributed by atoms with Crippen molar-refractivity contribution in [3.05, 3.63) is 0 Å². The number of rotatable bonds is 0. The molecular weight excluding hydrogens is 107 g/mol. The first-order valence-corrected chi connectivity index (χ1v) is 0. The zero-order valence-electron chi connectivity index (χ0n) is 1.82. The minimum Gasteiger partial charge on any atom is -0.412 e. The average Bonchev–Trinajstić information content (AvgIpc) is 0. The molecule has 6 N–H and O–H groups in total. The second kappa shape index (κ2) is 136. The maximum atomic E-state index is 0. The number of hydrogen-bond donors (Lipinski definition) is 0. The van der Waals surface area contributed by atoms with Crippen LogP contribution in [0.5, 0.6) is 0 Å². The summed E-state index contributed by atoms with van der Waals surface area (Å²) in [6, 6.07) is 0. The van der Waals surface area contributed by atoms with Crippen molar-refractivity contribution >= 4 is 0 Å². The van der Waals surface area contributed by atoms with Gasteiger partial charge in [0.15, 0.2) is 0 Å². The van der Waals surface area contributed by atoms with Gasteiger partial charge in [-0.05, 0) is 0 Å². The summed E-state index contributed by atoms with van der Waals surface area (Å²) in [5.74, 6) is 0. The van der Waals surface area contributed by atoms with E-state index in [0.717, 1.165) is 0 Å². The van der Waals surface area contributed by atoms with Crippen LogP contribution in [-0.2, 0) is 16.5 Å². The Morgan fingerprint density at radius 1 is 0.500 bits per heavy atom. The second-order valence-electron chi connectivity index (χ2n) is 0. The number of hydrogen-bond acceptors (Lipinski definition) is 0. The zero-order valence-corrected chi connectivity index (χ0v) is 2.80. The van der Waals surface area contributed by atoms with E-state index in [1.54, 1.807) is 0 Å². The molecule has 4 heteroatoms. The molecule has 0 fully saturated rings. The van der Waals surface area contributed by atoms with E-state index < -0.39 is 0 Å². The van der Waals surface area contributed by atoms with Gasteiger partial charge in [-0.2, -0.15) is 0 Å². The largest absolute Gasteiger partial charge is 2.00 e. The molecule has 0 aliphatic carbocycles. The molecule has 0 heterocycles. The van der Waals surface area contributed by atoms with E-state index in [9.17, 15) is 0 Å². The molecule has 0 saturated heterocycles. The van der Waals surface area contributed by atoms with Crippen LogP contribution in [0.2, 0.25) is 0 Å². The van der Waals surface area contributed by atoms with Crippen molar-refractivity contribution < 1.29 is 32.9 Å². The van der Waals surface area contributed by atoms with Crippen LogP contribution in [0.15, 0.2) is 0 Å². The molecule has 0 aliphatic rings. The molecule has 0 aromatic rings. The molecule has 32 valence electrons. The first-order chi connectivity index (χ1) is 0. The molecule has 0 atom stereocenters. The molecule has 0 aromatic heterocycles. The Balaban J connectivity index is 0. The Hall–Kier alpha value is 0.374. The van der Waals surface area contributed by atoms with Crippen molar-refractivity contribution in [2.75, 3.05) is 0 Å². The molecule has 0 aromatic carbocycles. The Morgan fingerprint density at radius 2 is 0.500 bits per heavy atom. The summed E-state index contributed by atoms with van der Waals surface area (Å²) in [5, 5.41) is 0. The molecule has 0 rings (SSSR count). The first-order valence-electron chi connectivity index (χ1n) is 0. The third-order valence-corrected chi connectivity index (χ3v) is 0. The first kappa shape index (κ1) is 357. The van der Waals surface area contributed by atoms with Crippen molar-refractivity contribution in [1.82, 2.24) is 0 Å². The SMILES string of the molecule is O.O.O.[Ni+2]. The fourth-order valence-electron chi connectivity index (χ4n) is 0. The summed E-state index contributed by atoms with van der Waals surface area (Å²) in [7, 11) is 0. The predicted octanol–water partition coefficient (Wildman–Crippen LogP) is -2.48. The third-order valence-electron chi connectivity index (χ3n) is 0. The smallest absolute Gasteiger partial charge is 0.412 e. The molecule has 0 aliphatic heterocycles. The van der Waals surface area contributed by atoms with E-state index in [1.165, 1.54) is 0 Å². The van der Waals surface area contributed by atoms with Gasteiger partial charge in [-0.15, -0.1) is 0 Å². The second-order valence-corrected chi connectivity index (χ2v) is 0. The van der Waals surface area contributed by atoms with Gasteiger partial charge in [-0.1, -0.05) is 0 Å². The fraction of sp³-hybridized carbons (Fsp3) is 0. The zero-order chi connectivity index (χ0) is 0. The summed E-state index contributed by atoms with van der Waals surface area (Å²) >= 11 is 0. The van der Waals surface area contributed by atoms with E-state index in [0.29, 0.717) is 0 Å². The van der Waals surface area contributed by atoms with Crippen molar-refractivity contribution in [3.8, 4) is 0 Å². The quantitative estimate of drug-likeness (QED) is 0.311. The standard InChI is InChI=1S/Ni.3H2O/h;3*1H2/q+2;;;. The van der Waals surface area contributed by atoms with Crippen molar-refractivity contribution in [1.29, 1.82) is 0 Å². The van der Waals surface area contributed by atoms with E-state index >= 15 is 0 Å². The molecule has 4 heavy (non-hydrogen) atoms. The van der Waals surface area contributed by atoms with Gasteiger partial charge < -0.3 is 16.4 Å². The fourth-order valence-corrected chi connectivity index (χ4v) is 0. The van der Waals surface area contributed by atoms with Gasteiger partial charge >= 0.3 is 16.5 Å². The predicted molar refractivity (Wildman–Crippen MR) is 10.8 cm³/mol. The van der Waals surface area contributed by atoms with Crippen LogP contribution in [-0.4, -0.2) is 16.4 Å². The van der Waals surface area contributed by atoms with E-state index in [2.05, 4.69) is 0 Å². The molecule has 0 saturated carbocycles. The monoisotopic (exact) mass is 112 g/mol. The molecule has 0 unspecified atom stereocenters. The molecule has 0 radical (unpaired) electrons. The Kier molecular flexibility index (Phi) is 12200. The van der Waals surface area contributed by atoms with Crippen LogP contribution in [0.3, 0.4) is 0 Å². The average molecular weight is 113 g/mol. The van der Waals surface area contributed by atoms with Gasteiger partial charge in [0.2, 0.25) is 0 Å². The summed E-state index contributed by atoms with van der Waals surface area (Å²) < 4.78 is 0. The van der Waals surface area contributed by atoms with E-state index in [1.807, 2.05) is 0 Å². The van der Waals surface area contributed by atoms with Crippen LogP contribution in [0.4, 0.5) is 0 Å². The minimum absolute atomic E-state index is 0. The maximum absolute atomic E-state index is 0. The van der Waals surface area contributed by atoms with E-state index in [4.69, 9.17) is 0 Å². The summed E-state index contributed by atoms with van der Waals surface area (Å²) in [6.07, 6.45) is 0. The van der Waals surface area contributed by atoms with Gasteiger partial charge in [-0.3, -0.25) is 0 Å². The van der Waals surface area contributed by atoms with Gasteiger partial charge in [0.1, 0.15) is 0 Å².